The second-order valence-electron chi connectivity index (χ2n) is 5.03. The first-order valence-electron chi connectivity index (χ1n) is 6.11. The summed E-state index contributed by atoms with van der Waals surface area (Å²) in [5, 5.41) is 0. The minimum atomic E-state index is -1.33. The van der Waals surface area contributed by atoms with Gasteiger partial charge in [0, 0.05) is 18.8 Å². The molecule has 0 radical (unpaired) electrons. The monoisotopic (exact) mass is 235 g/mol. The molecular formula is C13H21NOSi. The van der Waals surface area contributed by atoms with E-state index in [-0.39, 0.29) is 0 Å². The zero-order chi connectivity index (χ0) is 11.4. The van der Waals surface area contributed by atoms with Gasteiger partial charge in [-0.05, 0) is 37.7 Å². The topological polar surface area (TPSA) is 12.5 Å². The Balaban J connectivity index is 1.99. The fourth-order valence-electron chi connectivity index (χ4n) is 2.21. The Hall–Kier alpha value is -0.803. The molecule has 0 atom stereocenters. The first-order valence-corrected chi connectivity index (χ1v) is 9.23. The molecule has 1 saturated heterocycles. The molecule has 1 aromatic rings. The fraction of sp³-hybridized carbons (Fsp3) is 0.538. The quantitative estimate of drug-likeness (QED) is 0.694. The fourth-order valence-corrected chi connectivity index (χ4v) is 4.01. The van der Waals surface area contributed by atoms with Gasteiger partial charge >= 0.3 is 0 Å². The Kier molecular flexibility index (Phi) is 3.66. The third-order valence-corrected chi connectivity index (χ3v) is 5.73. The van der Waals surface area contributed by atoms with Crippen molar-refractivity contribution in [2.24, 2.45) is 0 Å². The lowest BCUT2D eigenvalue weighted by molar-refractivity contribution is 0.305. The summed E-state index contributed by atoms with van der Waals surface area (Å²) in [6.07, 6.45) is 1.26. The van der Waals surface area contributed by atoms with Gasteiger partial charge in [0.15, 0.2) is 8.32 Å². The smallest absolute Gasteiger partial charge is 0.186 e. The van der Waals surface area contributed by atoms with E-state index in [9.17, 15) is 0 Å². The van der Waals surface area contributed by atoms with Crippen molar-refractivity contribution in [1.29, 1.82) is 0 Å². The molecule has 88 valence electrons. The van der Waals surface area contributed by atoms with Gasteiger partial charge in [-0.15, -0.1) is 0 Å². The van der Waals surface area contributed by atoms with E-state index in [0.717, 1.165) is 13.2 Å². The average Bonchev–Trinajstić information content (AvgIpc) is 2.25. The van der Waals surface area contributed by atoms with Gasteiger partial charge in [0.05, 0.1) is 6.61 Å². The van der Waals surface area contributed by atoms with Crippen LogP contribution >= 0.6 is 0 Å². The van der Waals surface area contributed by atoms with E-state index < -0.39 is 8.32 Å². The lowest BCUT2D eigenvalue weighted by Crippen LogP contribution is -2.39. The molecule has 2 rings (SSSR count). The van der Waals surface area contributed by atoms with Crippen molar-refractivity contribution in [2.75, 3.05) is 24.6 Å². The van der Waals surface area contributed by atoms with Crippen LogP contribution in [0.4, 0.5) is 5.69 Å². The molecule has 1 aromatic carbocycles. The molecule has 0 aliphatic carbocycles. The number of hydrogen-bond acceptors (Lipinski definition) is 2. The van der Waals surface area contributed by atoms with E-state index in [0.29, 0.717) is 0 Å². The van der Waals surface area contributed by atoms with E-state index in [2.05, 4.69) is 48.3 Å². The second kappa shape index (κ2) is 5.02. The van der Waals surface area contributed by atoms with Crippen LogP contribution in [0.2, 0.25) is 19.1 Å². The van der Waals surface area contributed by atoms with E-state index in [1.165, 1.54) is 24.7 Å². The Morgan fingerprint density at radius 1 is 1.12 bits per heavy atom. The molecular weight excluding hydrogens is 214 g/mol. The van der Waals surface area contributed by atoms with Crippen LogP contribution in [0.15, 0.2) is 30.3 Å². The summed E-state index contributed by atoms with van der Waals surface area (Å²) in [6.45, 7) is 7.73. The third kappa shape index (κ3) is 3.09. The highest BCUT2D eigenvalue weighted by Gasteiger charge is 2.24. The highest BCUT2D eigenvalue weighted by molar-refractivity contribution is 6.71. The zero-order valence-corrected chi connectivity index (χ0v) is 11.3. The van der Waals surface area contributed by atoms with Gasteiger partial charge in [0.1, 0.15) is 0 Å². The van der Waals surface area contributed by atoms with Crippen LogP contribution in [0.5, 0.6) is 0 Å². The molecule has 0 aromatic heterocycles. The molecule has 0 saturated carbocycles. The number of nitrogens with zero attached hydrogens (tertiary/aromatic N) is 1. The summed E-state index contributed by atoms with van der Waals surface area (Å²) in [5.41, 5.74) is 1.33. The largest absolute Gasteiger partial charge is 0.416 e. The summed E-state index contributed by atoms with van der Waals surface area (Å²) in [7, 11) is -1.33. The van der Waals surface area contributed by atoms with Gasteiger partial charge in [-0.1, -0.05) is 18.2 Å². The van der Waals surface area contributed by atoms with Crippen LogP contribution in [-0.4, -0.2) is 28.0 Å². The predicted octanol–water partition coefficient (Wildman–Crippen LogP) is 3.12. The first-order chi connectivity index (χ1) is 7.67. The van der Waals surface area contributed by atoms with Gasteiger partial charge in [0.25, 0.3) is 0 Å². The van der Waals surface area contributed by atoms with Gasteiger partial charge in [0.2, 0.25) is 0 Å². The zero-order valence-electron chi connectivity index (χ0n) is 10.3. The van der Waals surface area contributed by atoms with Crippen LogP contribution < -0.4 is 4.90 Å². The Morgan fingerprint density at radius 2 is 1.88 bits per heavy atom. The first kappa shape index (κ1) is 11.7. The van der Waals surface area contributed by atoms with Crippen molar-refractivity contribution in [3.8, 4) is 0 Å². The molecule has 0 amide bonds. The van der Waals surface area contributed by atoms with E-state index in [1.54, 1.807) is 0 Å². The molecule has 0 bridgehead atoms. The molecule has 0 N–H and O–H groups in total. The van der Waals surface area contributed by atoms with Gasteiger partial charge in [-0.3, -0.25) is 0 Å². The number of benzene rings is 1. The van der Waals surface area contributed by atoms with Crippen LogP contribution in [0.1, 0.15) is 6.42 Å². The minimum Gasteiger partial charge on any atom is -0.416 e. The third-order valence-electron chi connectivity index (χ3n) is 3.18. The van der Waals surface area contributed by atoms with Crippen LogP contribution in [0.25, 0.3) is 0 Å². The molecule has 16 heavy (non-hydrogen) atoms. The predicted molar refractivity (Wildman–Crippen MR) is 71.5 cm³/mol. The van der Waals surface area contributed by atoms with Gasteiger partial charge in [-0.25, -0.2) is 0 Å². The number of para-hydroxylation sites is 1. The number of hydrogen-bond donors (Lipinski definition) is 0. The Morgan fingerprint density at radius 3 is 2.62 bits per heavy atom. The molecule has 1 heterocycles. The van der Waals surface area contributed by atoms with Gasteiger partial charge < -0.3 is 9.33 Å². The normalized spacial score (nSPS) is 21.2. The molecule has 1 aliphatic rings. The lowest BCUT2D eigenvalue weighted by Gasteiger charge is -2.32. The van der Waals surface area contributed by atoms with Crippen molar-refractivity contribution >= 4 is 14.0 Å². The number of rotatable bonds is 1. The van der Waals surface area contributed by atoms with Crippen LogP contribution in [-0.2, 0) is 4.43 Å². The van der Waals surface area contributed by atoms with E-state index in [1.807, 2.05) is 0 Å². The SMILES string of the molecule is C[Si]1(C)CCCN(c2ccccc2)CCO1. The summed E-state index contributed by atoms with van der Waals surface area (Å²) < 4.78 is 6.02. The molecule has 2 nitrogen and oxygen atoms in total. The standard InChI is InChI=1S/C13H21NOSi/c1-16(2)12-6-9-14(10-11-15-16)13-7-4-3-5-8-13/h3-5,7-8H,6,9-12H2,1-2H3. The van der Waals surface area contributed by atoms with E-state index in [4.69, 9.17) is 4.43 Å². The minimum absolute atomic E-state index is 0.883. The van der Waals surface area contributed by atoms with Crippen molar-refractivity contribution in [1.82, 2.24) is 0 Å². The Bertz CT molecular complexity index is 314. The maximum Gasteiger partial charge on any atom is 0.186 e. The molecule has 0 spiro atoms. The second-order valence-corrected chi connectivity index (χ2v) is 9.34. The maximum absolute atomic E-state index is 6.02. The summed E-state index contributed by atoms with van der Waals surface area (Å²) in [5.74, 6) is 0. The van der Waals surface area contributed by atoms with Crippen molar-refractivity contribution in [3.05, 3.63) is 30.3 Å². The van der Waals surface area contributed by atoms with Crippen LogP contribution in [0.3, 0.4) is 0 Å². The molecule has 3 heteroatoms. The van der Waals surface area contributed by atoms with Crippen molar-refractivity contribution in [2.45, 2.75) is 25.6 Å². The van der Waals surface area contributed by atoms with Crippen molar-refractivity contribution < 1.29 is 4.43 Å². The number of anilines is 1. The summed E-state index contributed by atoms with van der Waals surface area (Å²) in [4.78, 5) is 2.43. The Labute approximate surface area is 99.4 Å². The molecule has 1 fully saturated rings. The van der Waals surface area contributed by atoms with Crippen LogP contribution in [0, 0.1) is 0 Å². The molecule has 0 unspecified atom stereocenters. The maximum atomic E-state index is 6.02. The van der Waals surface area contributed by atoms with E-state index >= 15 is 0 Å². The van der Waals surface area contributed by atoms with Crippen molar-refractivity contribution in [3.63, 3.8) is 0 Å². The molecule has 1 aliphatic heterocycles. The average molecular weight is 235 g/mol. The highest BCUT2D eigenvalue weighted by Crippen LogP contribution is 2.20. The summed E-state index contributed by atoms with van der Waals surface area (Å²) >= 11 is 0. The highest BCUT2D eigenvalue weighted by atomic mass is 28.4. The van der Waals surface area contributed by atoms with Gasteiger partial charge in [-0.2, -0.15) is 0 Å². The summed E-state index contributed by atoms with van der Waals surface area (Å²) in [6, 6.07) is 11.9. The lowest BCUT2D eigenvalue weighted by atomic mass is 10.2.